The van der Waals surface area contributed by atoms with Crippen molar-refractivity contribution in [2.24, 2.45) is 0 Å². The Morgan fingerprint density at radius 3 is 2.58 bits per heavy atom. The first-order valence-corrected chi connectivity index (χ1v) is 8.31. The van der Waals surface area contributed by atoms with E-state index in [4.69, 9.17) is 9.05 Å². The molecule has 0 saturated heterocycles. The van der Waals surface area contributed by atoms with Crippen LogP contribution in [0.25, 0.3) is 0 Å². The van der Waals surface area contributed by atoms with E-state index < -0.39 is 13.5 Å². The van der Waals surface area contributed by atoms with Crippen LogP contribution in [0.2, 0.25) is 0 Å². The lowest BCUT2D eigenvalue weighted by Gasteiger charge is -2.16. The summed E-state index contributed by atoms with van der Waals surface area (Å²) in [6.45, 7) is 3.84. The average Bonchev–Trinajstić information content (AvgIpc) is 2.32. The molecule has 1 rings (SSSR count). The molecule has 1 N–H and O–H groups in total. The average molecular weight is 351 g/mol. The van der Waals surface area contributed by atoms with Gasteiger partial charge in [-0.1, -0.05) is 0 Å². The first-order chi connectivity index (χ1) is 9.00. The number of nitrogens with one attached hydrogen (secondary N) is 1. The van der Waals surface area contributed by atoms with Crippen LogP contribution in [-0.2, 0) is 18.4 Å². The molecule has 1 aromatic heterocycles. The van der Waals surface area contributed by atoms with Crippen LogP contribution in [-0.4, -0.2) is 30.3 Å². The molecule has 6 nitrogen and oxygen atoms in total. The van der Waals surface area contributed by atoms with E-state index in [0.29, 0.717) is 10.3 Å². The molecular formula is C11H16BrN2O4P. The van der Waals surface area contributed by atoms with Crippen LogP contribution in [0.3, 0.4) is 0 Å². The number of rotatable bonds is 7. The highest BCUT2D eigenvalue weighted by Gasteiger charge is 2.27. The van der Waals surface area contributed by atoms with Gasteiger partial charge in [0.25, 0.3) is 0 Å². The molecule has 0 unspecified atom stereocenters. The molecule has 1 amide bonds. The van der Waals surface area contributed by atoms with E-state index in [1.807, 2.05) is 0 Å². The number of nitrogens with zero attached hydrogens (tertiary/aromatic N) is 1. The Morgan fingerprint density at radius 2 is 2.05 bits per heavy atom. The van der Waals surface area contributed by atoms with Crippen LogP contribution in [0.5, 0.6) is 0 Å². The quantitative estimate of drug-likeness (QED) is 0.604. The Balaban J connectivity index is 2.68. The first-order valence-electron chi connectivity index (χ1n) is 5.79. The van der Waals surface area contributed by atoms with Gasteiger partial charge >= 0.3 is 7.60 Å². The van der Waals surface area contributed by atoms with Gasteiger partial charge in [-0.15, -0.1) is 0 Å². The molecule has 0 atom stereocenters. The zero-order chi connectivity index (χ0) is 14.3. The van der Waals surface area contributed by atoms with Gasteiger partial charge in [-0.3, -0.25) is 9.36 Å². The molecule has 1 aromatic rings. The number of anilines is 1. The van der Waals surface area contributed by atoms with Crippen molar-refractivity contribution in [3.05, 3.63) is 22.9 Å². The van der Waals surface area contributed by atoms with Crippen molar-refractivity contribution in [3.63, 3.8) is 0 Å². The Hall–Kier alpha value is -0.750. The molecule has 1 heterocycles. The maximum Gasteiger partial charge on any atom is 0.340 e. The van der Waals surface area contributed by atoms with Crippen LogP contribution in [0.4, 0.5) is 5.69 Å². The molecular weight excluding hydrogens is 335 g/mol. The third-order valence-corrected chi connectivity index (χ3v) is 4.63. The second-order valence-electron chi connectivity index (χ2n) is 3.49. The van der Waals surface area contributed by atoms with Gasteiger partial charge < -0.3 is 14.4 Å². The summed E-state index contributed by atoms with van der Waals surface area (Å²) in [6, 6.07) is 3.37. The number of halogens is 1. The second-order valence-corrected chi connectivity index (χ2v) is 6.30. The lowest BCUT2D eigenvalue weighted by atomic mass is 10.4. The Kier molecular flexibility index (Phi) is 6.65. The third kappa shape index (κ3) is 5.40. The van der Waals surface area contributed by atoms with Crippen molar-refractivity contribution < 1.29 is 18.4 Å². The number of pyridine rings is 1. The Bertz CT molecular complexity index is 474. The molecule has 0 bridgehead atoms. The number of aromatic nitrogens is 1. The molecule has 0 saturated carbocycles. The van der Waals surface area contributed by atoms with Gasteiger partial charge in [0.1, 0.15) is 10.8 Å². The minimum absolute atomic E-state index is 0.223. The summed E-state index contributed by atoms with van der Waals surface area (Å²) in [6.07, 6.45) is 1.26. The van der Waals surface area contributed by atoms with Crippen LogP contribution < -0.4 is 5.32 Å². The van der Waals surface area contributed by atoms with E-state index in [1.165, 1.54) is 0 Å². The van der Waals surface area contributed by atoms with Crippen LogP contribution in [0, 0.1) is 0 Å². The largest absolute Gasteiger partial charge is 0.340 e. The zero-order valence-electron chi connectivity index (χ0n) is 10.8. The SMILES string of the molecule is CCOP(=O)(CC(=O)Nc1cccnc1Br)OCC. The summed E-state index contributed by atoms with van der Waals surface area (Å²) >= 11 is 3.21. The minimum atomic E-state index is -3.38. The fourth-order valence-electron chi connectivity index (χ4n) is 1.37. The fourth-order valence-corrected chi connectivity index (χ4v) is 3.19. The van der Waals surface area contributed by atoms with Crippen LogP contribution in [0.15, 0.2) is 22.9 Å². The van der Waals surface area contributed by atoms with E-state index in [9.17, 15) is 9.36 Å². The number of hydrogen-bond donors (Lipinski definition) is 1. The normalized spacial score (nSPS) is 11.3. The highest BCUT2D eigenvalue weighted by molar-refractivity contribution is 9.10. The zero-order valence-corrected chi connectivity index (χ0v) is 13.2. The van der Waals surface area contributed by atoms with Crippen molar-refractivity contribution >= 4 is 35.1 Å². The molecule has 0 aromatic carbocycles. The third-order valence-electron chi connectivity index (χ3n) is 2.02. The molecule has 0 fully saturated rings. The summed E-state index contributed by atoms with van der Waals surface area (Å²) in [5.74, 6) is -0.445. The molecule has 0 aliphatic heterocycles. The summed E-state index contributed by atoms with van der Waals surface area (Å²) in [7, 11) is -3.38. The smallest absolute Gasteiger partial charge is 0.323 e. The fraction of sp³-hybridized carbons (Fsp3) is 0.455. The van der Waals surface area contributed by atoms with Crippen LogP contribution in [0.1, 0.15) is 13.8 Å². The van der Waals surface area contributed by atoms with Gasteiger partial charge in [0.15, 0.2) is 0 Å². The molecule has 0 aliphatic rings. The maximum absolute atomic E-state index is 12.2. The molecule has 0 aliphatic carbocycles. The van der Waals surface area contributed by atoms with Gasteiger partial charge in [-0.25, -0.2) is 4.98 Å². The topological polar surface area (TPSA) is 77.5 Å². The van der Waals surface area contributed by atoms with Crippen molar-refractivity contribution in [2.75, 3.05) is 24.7 Å². The van der Waals surface area contributed by atoms with E-state index >= 15 is 0 Å². The maximum atomic E-state index is 12.2. The van der Waals surface area contributed by atoms with E-state index in [2.05, 4.69) is 26.2 Å². The molecule has 106 valence electrons. The van der Waals surface area contributed by atoms with Crippen molar-refractivity contribution in [1.29, 1.82) is 0 Å². The van der Waals surface area contributed by atoms with Gasteiger partial charge in [-0.2, -0.15) is 0 Å². The van der Waals surface area contributed by atoms with E-state index in [1.54, 1.807) is 32.2 Å². The predicted octanol–water partition coefficient (Wildman–Crippen LogP) is 3.05. The molecule has 0 radical (unpaired) electrons. The summed E-state index contributed by atoms with van der Waals surface area (Å²) in [4.78, 5) is 15.8. The van der Waals surface area contributed by atoms with Gasteiger partial charge in [0.2, 0.25) is 5.91 Å². The number of carbonyl (C=O) groups is 1. The Morgan fingerprint density at radius 1 is 1.42 bits per heavy atom. The standard InChI is InChI=1S/C11H16BrN2O4P/c1-3-17-19(16,18-4-2)8-10(15)14-9-6-5-7-13-11(9)12/h5-7H,3-4,8H2,1-2H3,(H,14,15). The number of hydrogen-bond acceptors (Lipinski definition) is 5. The predicted molar refractivity (Wildman–Crippen MR) is 76.3 cm³/mol. The van der Waals surface area contributed by atoms with Gasteiger partial charge in [0, 0.05) is 6.20 Å². The van der Waals surface area contributed by atoms with Gasteiger partial charge in [0.05, 0.1) is 18.9 Å². The number of carbonyl (C=O) groups excluding carboxylic acids is 1. The monoisotopic (exact) mass is 350 g/mol. The van der Waals surface area contributed by atoms with Gasteiger partial charge in [-0.05, 0) is 41.9 Å². The second kappa shape index (κ2) is 7.75. The van der Waals surface area contributed by atoms with E-state index in [-0.39, 0.29) is 19.4 Å². The summed E-state index contributed by atoms with van der Waals surface area (Å²) < 4.78 is 22.8. The van der Waals surface area contributed by atoms with Crippen molar-refractivity contribution in [3.8, 4) is 0 Å². The van der Waals surface area contributed by atoms with Crippen molar-refractivity contribution in [1.82, 2.24) is 4.98 Å². The van der Waals surface area contributed by atoms with Crippen molar-refractivity contribution in [2.45, 2.75) is 13.8 Å². The Labute approximate surface area is 120 Å². The summed E-state index contributed by atoms with van der Waals surface area (Å²) in [5.41, 5.74) is 0.507. The lowest BCUT2D eigenvalue weighted by molar-refractivity contribution is -0.114. The molecule has 8 heteroatoms. The minimum Gasteiger partial charge on any atom is -0.323 e. The van der Waals surface area contributed by atoms with E-state index in [0.717, 1.165) is 0 Å². The summed E-state index contributed by atoms with van der Waals surface area (Å²) in [5, 5.41) is 2.60. The van der Waals surface area contributed by atoms with Crippen LogP contribution >= 0.6 is 23.5 Å². The highest BCUT2D eigenvalue weighted by atomic mass is 79.9. The number of amides is 1. The molecule has 19 heavy (non-hydrogen) atoms. The lowest BCUT2D eigenvalue weighted by Crippen LogP contribution is -2.18. The molecule has 0 spiro atoms. The first kappa shape index (κ1) is 16.3. The highest BCUT2D eigenvalue weighted by Crippen LogP contribution is 2.47.